The van der Waals surface area contributed by atoms with Crippen LogP contribution < -0.4 is 4.74 Å². The van der Waals surface area contributed by atoms with Gasteiger partial charge in [-0.25, -0.2) is 0 Å². The van der Waals surface area contributed by atoms with Crippen molar-refractivity contribution in [3.8, 4) is 5.75 Å². The molecule has 0 aliphatic heterocycles. The molecule has 0 spiro atoms. The lowest BCUT2D eigenvalue weighted by Gasteiger charge is -2.26. The minimum atomic E-state index is -0.0770. The van der Waals surface area contributed by atoms with E-state index >= 15 is 0 Å². The van der Waals surface area contributed by atoms with Crippen LogP contribution in [0.2, 0.25) is 0 Å². The van der Waals surface area contributed by atoms with E-state index in [9.17, 15) is 4.79 Å². The van der Waals surface area contributed by atoms with Crippen molar-refractivity contribution in [2.75, 3.05) is 14.2 Å². The Morgan fingerprint density at radius 2 is 1.85 bits per heavy atom. The summed E-state index contributed by atoms with van der Waals surface area (Å²) in [6.07, 6.45) is 3.24. The largest absolute Gasteiger partial charge is 0.496 e. The smallest absolute Gasteiger partial charge is 0.254 e. The summed E-state index contributed by atoms with van der Waals surface area (Å²) in [6, 6.07) is 11.1. The van der Waals surface area contributed by atoms with Crippen LogP contribution in [0.1, 0.15) is 28.9 Å². The summed E-state index contributed by atoms with van der Waals surface area (Å²) >= 11 is 0. The second-order valence-electron chi connectivity index (χ2n) is 4.57. The van der Waals surface area contributed by atoms with E-state index in [1.807, 2.05) is 31.2 Å². The van der Waals surface area contributed by atoms with E-state index in [1.54, 1.807) is 43.6 Å². The number of ether oxygens (including phenoxy) is 1. The number of amides is 1. The summed E-state index contributed by atoms with van der Waals surface area (Å²) in [6.45, 7) is 1.98. The predicted molar refractivity (Wildman–Crippen MR) is 77.7 cm³/mol. The number of para-hydroxylation sites is 1. The predicted octanol–water partition coefficient (Wildman–Crippen LogP) is 2.92. The molecule has 2 aromatic rings. The molecule has 4 heteroatoms. The van der Waals surface area contributed by atoms with Gasteiger partial charge in [0.2, 0.25) is 0 Å². The van der Waals surface area contributed by atoms with Gasteiger partial charge in [0.15, 0.2) is 0 Å². The molecule has 104 valence electrons. The molecule has 0 N–H and O–H groups in total. The molecule has 0 saturated heterocycles. The highest BCUT2D eigenvalue weighted by atomic mass is 16.5. The molecule has 4 nitrogen and oxygen atoms in total. The number of benzene rings is 1. The molecule has 0 fully saturated rings. The maximum atomic E-state index is 12.4. The molecular weight excluding hydrogens is 252 g/mol. The second-order valence-corrected chi connectivity index (χ2v) is 4.57. The van der Waals surface area contributed by atoms with E-state index in [2.05, 4.69) is 4.98 Å². The van der Waals surface area contributed by atoms with Crippen LogP contribution in [0.25, 0.3) is 0 Å². The van der Waals surface area contributed by atoms with Gasteiger partial charge in [0.25, 0.3) is 5.91 Å². The summed E-state index contributed by atoms with van der Waals surface area (Å²) in [5.41, 5.74) is 1.61. The number of carbonyl (C=O) groups excluding carboxylic acids is 1. The minimum Gasteiger partial charge on any atom is -0.496 e. The monoisotopic (exact) mass is 270 g/mol. The number of pyridine rings is 1. The summed E-state index contributed by atoms with van der Waals surface area (Å²) in [7, 11) is 3.43. The van der Waals surface area contributed by atoms with Gasteiger partial charge >= 0.3 is 0 Å². The first-order chi connectivity index (χ1) is 9.65. The summed E-state index contributed by atoms with van der Waals surface area (Å²) in [4.78, 5) is 18.0. The molecular formula is C16H18N2O2. The summed E-state index contributed by atoms with van der Waals surface area (Å²) < 4.78 is 5.35. The first-order valence-electron chi connectivity index (χ1n) is 6.45. The molecule has 1 amide bonds. The molecule has 1 aromatic heterocycles. The maximum absolute atomic E-state index is 12.4. The van der Waals surface area contributed by atoms with E-state index in [1.165, 1.54) is 0 Å². The van der Waals surface area contributed by atoms with Crippen molar-refractivity contribution < 1.29 is 9.53 Å². The first-order valence-corrected chi connectivity index (χ1v) is 6.45. The van der Waals surface area contributed by atoms with Gasteiger partial charge in [-0.05, 0) is 25.1 Å². The zero-order valence-corrected chi connectivity index (χ0v) is 11.9. The zero-order valence-electron chi connectivity index (χ0n) is 11.9. The number of methoxy groups -OCH3 is 1. The van der Waals surface area contributed by atoms with Crippen LogP contribution in [0.15, 0.2) is 48.8 Å². The van der Waals surface area contributed by atoms with Crippen molar-refractivity contribution in [2.24, 2.45) is 0 Å². The van der Waals surface area contributed by atoms with Crippen LogP contribution >= 0.6 is 0 Å². The highest BCUT2D eigenvalue weighted by molar-refractivity contribution is 5.94. The quantitative estimate of drug-likeness (QED) is 0.858. The molecule has 0 saturated carbocycles. The molecule has 0 aliphatic carbocycles. The van der Waals surface area contributed by atoms with Gasteiger partial charge in [-0.1, -0.05) is 18.2 Å². The van der Waals surface area contributed by atoms with Gasteiger partial charge in [0.1, 0.15) is 5.75 Å². The molecule has 0 bridgehead atoms. The van der Waals surface area contributed by atoms with Gasteiger partial charge in [0, 0.05) is 30.6 Å². The van der Waals surface area contributed by atoms with E-state index < -0.39 is 0 Å². The lowest BCUT2D eigenvalue weighted by atomic mass is 10.1. The van der Waals surface area contributed by atoms with Crippen LogP contribution in [0, 0.1) is 0 Å². The topological polar surface area (TPSA) is 42.4 Å². The molecule has 0 radical (unpaired) electrons. The Kier molecular flexibility index (Phi) is 4.35. The normalized spacial score (nSPS) is 11.8. The van der Waals surface area contributed by atoms with Crippen molar-refractivity contribution in [3.05, 3.63) is 59.9 Å². The third kappa shape index (κ3) is 2.79. The Morgan fingerprint density at radius 3 is 2.50 bits per heavy atom. The Morgan fingerprint density at radius 1 is 1.20 bits per heavy atom. The lowest BCUT2D eigenvalue weighted by molar-refractivity contribution is 0.0741. The maximum Gasteiger partial charge on any atom is 0.254 e. The molecule has 1 atom stereocenters. The molecule has 2 rings (SSSR count). The zero-order chi connectivity index (χ0) is 14.5. The SMILES string of the molecule is COc1ccccc1C(C)N(C)C(=O)c1ccncc1. The fourth-order valence-electron chi connectivity index (χ4n) is 2.09. The van der Waals surface area contributed by atoms with Crippen LogP contribution in [0.3, 0.4) is 0 Å². The van der Waals surface area contributed by atoms with E-state index in [0.29, 0.717) is 5.56 Å². The molecule has 1 aromatic carbocycles. The standard InChI is InChI=1S/C16H18N2O2/c1-12(14-6-4-5-7-15(14)20-3)18(2)16(19)13-8-10-17-11-9-13/h4-12H,1-3H3. The van der Waals surface area contributed by atoms with Crippen molar-refractivity contribution in [1.29, 1.82) is 0 Å². The van der Waals surface area contributed by atoms with Crippen LogP contribution in [0.5, 0.6) is 5.75 Å². The minimum absolute atomic E-state index is 0.0363. The van der Waals surface area contributed by atoms with Gasteiger partial charge in [-0.2, -0.15) is 0 Å². The third-order valence-corrected chi connectivity index (χ3v) is 3.42. The van der Waals surface area contributed by atoms with Crippen molar-refractivity contribution in [2.45, 2.75) is 13.0 Å². The van der Waals surface area contributed by atoms with Gasteiger partial charge in [-0.15, -0.1) is 0 Å². The van der Waals surface area contributed by atoms with E-state index in [4.69, 9.17) is 4.74 Å². The number of carbonyl (C=O) groups is 1. The number of rotatable bonds is 4. The Balaban J connectivity index is 2.24. The molecule has 1 unspecified atom stereocenters. The molecule has 1 heterocycles. The molecule has 20 heavy (non-hydrogen) atoms. The fraction of sp³-hybridized carbons (Fsp3) is 0.250. The van der Waals surface area contributed by atoms with Gasteiger partial charge < -0.3 is 9.64 Å². The van der Waals surface area contributed by atoms with Crippen LogP contribution in [-0.2, 0) is 0 Å². The van der Waals surface area contributed by atoms with Crippen LogP contribution in [0.4, 0.5) is 0 Å². The average molecular weight is 270 g/mol. The first kappa shape index (κ1) is 14.1. The summed E-state index contributed by atoms with van der Waals surface area (Å²) in [5, 5.41) is 0. The van der Waals surface area contributed by atoms with E-state index in [-0.39, 0.29) is 11.9 Å². The number of hydrogen-bond acceptors (Lipinski definition) is 3. The van der Waals surface area contributed by atoms with Crippen molar-refractivity contribution in [3.63, 3.8) is 0 Å². The fourth-order valence-corrected chi connectivity index (χ4v) is 2.09. The molecule has 0 aliphatic rings. The Labute approximate surface area is 119 Å². The average Bonchev–Trinajstić information content (AvgIpc) is 2.53. The lowest BCUT2D eigenvalue weighted by Crippen LogP contribution is -2.29. The number of hydrogen-bond donors (Lipinski definition) is 0. The van der Waals surface area contributed by atoms with Crippen molar-refractivity contribution in [1.82, 2.24) is 9.88 Å². The summed E-state index contributed by atoms with van der Waals surface area (Å²) in [5.74, 6) is 0.750. The van der Waals surface area contributed by atoms with E-state index in [0.717, 1.165) is 11.3 Å². The highest BCUT2D eigenvalue weighted by Gasteiger charge is 2.21. The Bertz CT molecular complexity index is 584. The van der Waals surface area contributed by atoms with Crippen molar-refractivity contribution >= 4 is 5.91 Å². The number of nitrogens with zero attached hydrogens (tertiary/aromatic N) is 2. The third-order valence-electron chi connectivity index (χ3n) is 3.42. The van der Waals surface area contributed by atoms with Gasteiger partial charge in [0.05, 0.1) is 13.2 Å². The van der Waals surface area contributed by atoms with Crippen LogP contribution in [-0.4, -0.2) is 29.9 Å². The number of aromatic nitrogens is 1. The highest BCUT2D eigenvalue weighted by Crippen LogP contribution is 2.28. The van der Waals surface area contributed by atoms with Gasteiger partial charge in [-0.3, -0.25) is 9.78 Å². The Hall–Kier alpha value is -2.36. The second kappa shape index (κ2) is 6.19.